The monoisotopic (exact) mass is 244 g/mol. The molecule has 0 heterocycles. The van der Waals surface area contributed by atoms with Gasteiger partial charge in [0.25, 0.3) is 5.91 Å². The molecule has 6 nitrogen and oxygen atoms in total. The van der Waals surface area contributed by atoms with Crippen molar-refractivity contribution in [3.05, 3.63) is 0 Å². The van der Waals surface area contributed by atoms with Crippen molar-refractivity contribution in [2.24, 2.45) is 0 Å². The lowest BCUT2D eigenvalue weighted by Gasteiger charge is -2.16. The fourth-order valence-corrected chi connectivity index (χ4v) is 1.13. The van der Waals surface area contributed by atoms with Crippen LogP contribution in [-0.2, 0) is 19.2 Å². The summed E-state index contributed by atoms with van der Waals surface area (Å²) in [4.78, 5) is 39.5. The zero-order valence-electron chi connectivity index (χ0n) is 10.6. The smallest absolute Gasteiger partial charge is 0.332 e. The van der Waals surface area contributed by atoms with Crippen molar-refractivity contribution in [2.75, 3.05) is 27.7 Å². The summed E-state index contributed by atoms with van der Waals surface area (Å²) in [5, 5.41) is 0.890. The Balaban J connectivity index is 3.78. The van der Waals surface area contributed by atoms with Crippen LogP contribution in [0.3, 0.4) is 0 Å². The molecule has 0 aromatic rings. The fourth-order valence-electron chi connectivity index (χ4n) is 1.13. The fraction of sp³-hybridized carbons (Fsp3) is 0.727. The van der Waals surface area contributed by atoms with Gasteiger partial charge in [-0.3, -0.25) is 4.79 Å². The van der Waals surface area contributed by atoms with Crippen LogP contribution in [0.2, 0.25) is 0 Å². The first-order valence-corrected chi connectivity index (χ1v) is 5.53. The van der Waals surface area contributed by atoms with Gasteiger partial charge in [0.15, 0.2) is 0 Å². The summed E-state index contributed by atoms with van der Waals surface area (Å²) >= 11 is 0. The number of carbonyl (C=O) groups is 3. The highest BCUT2D eigenvalue weighted by molar-refractivity contribution is 5.79. The molecule has 98 valence electrons. The van der Waals surface area contributed by atoms with E-state index in [-0.39, 0.29) is 25.2 Å². The van der Waals surface area contributed by atoms with Gasteiger partial charge in [0, 0.05) is 26.3 Å². The van der Waals surface area contributed by atoms with E-state index < -0.39 is 5.97 Å². The standard InChI is InChI=1S/C11H20N2O4/c1-12(2)8-4-7-11(16)17-13(3)10(15)6-5-9-14/h9H,4-8H2,1-3H3. The minimum absolute atomic E-state index is 0.0605. The van der Waals surface area contributed by atoms with E-state index >= 15 is 0 Å². The summed E-state index contributed by atoms with van der Waals surface area (Å²) in [5.41, 5.74) is 0. The first-order chi connectivity index (χ1) is 7.97. The topological polar surface area (TPSA) is 66.9 Å². The Morgan fingerprint density at radius 2 is 1.82 bits per heavy atom. The number of carbonyl (C=O) groups excluding carboxylic acids is 3. The van der Waals surface area contributed by atoms with Crippen LogP contribution in [0.4, 0.5) is 0 Å². The zero-order valence-corrected chi connectivity index (χ0v) is 10.6. The van der Waals surface area contributed by atoms with Crippen molar-refractivity contribution in [1.82, 2.24) is 9.96 Å². The number of nitrogens with zero attached hydrogens (tertiary/aromatic N) is 2. The number of rotatable bonds is 7. The third-order valence-electron chi connectivity index (χ3n) is 2.05. The Kier molecular flexibility index (Phi) is 7.96. The van der Waals surface area contributed by atoms with E-state index in [0.717, 1.165) is 11.6 Å². The molecule has 0 aliphatic heterocycles. The molecule has 0 aliphatic carbocycles. The SMILES string of the molecule is CN(C)CCCC(=O)ON(C)C(=O)CCC=O. The van der Waals surface area contributed by atoms with E-state index in [0.29, 0.717) is 12.7 Å². The van der Waals surface area contributed by atoms with E-state index in [9.17, 15) is 14.4 Å². The molecule has 1 amide bonds. The predicted octanol–water partition coefficient (Wildman–Crippen LogP) is 0.224. The molecule has 0 unspecified atom stereocenters. The van der Waals surface area contributed by atoms with E-state index in [1.54, 1.807) is 0 Å². The second-order valence-corrected chi connectivity index (χ2v) is 3.97. The van der Waals surface area contributed by atoms with Gasteiger partial charge in [0.2, 0.25) is 0 Å². The first-order valence-electron chi connectivity index (χ1n) is 5.53. The summed E-state index contributed by atoms with van der Waals surface area (Å²) in [6, 6.07) is 0. The first kappa shape index (κ1) is 15.6. The van der Waals surface area contributed by atoms with Crippen LogP contribution in [0.5, 0.6) is 0 Å². The Bertz CT molecular complexity index is 266. The minimum atomic E-state index is -0.436. The van der Waals surface area contributed by atoms with Crippen molar-refractivity contribution >= 4 is 18.2 Å². The van der Waals surface area contributed by atoms with Crippen LogP contribution in [0.25, 0.3) is 0 Å². The van der Waals surface area contributed by atoms with Crippen LogP contribution in [0.15, 0.2) is 0 Å². The van der Waals surface area contributed by atoms with Gasteiger partial charge < -0.3 is 14.5 Å². The number of hydroxylamine groups is 2. The van der Waals surface area contributed by atoms with Crippen LogP contribution in [0.1, 0.15) is 25.7 Å². The van der Waals surface area contributed by atoms with Gasteiger partial charge in [0.1, 0.15) is 6.29 Å². The Hall–Kier alpha value is -1.43. The molecule has 0 saturated carbocycles. The van der Waals surface area contributed by atoms with E-state index in [4.69, 9.17) is 4.84 Å². The average molecular weight is 244 g/mol. The maximum Gasteiger partial charge on any atom is 0.332 e. The molecule has 0 rings (SSSR count). The van der Waals surface area contributed by atoms with E-state index in [2.05, 4.69) is 0 Å². The Morgan fingerprint density at radius 3 is 2.35 bits per heavy atom. The van der Waals surface area contributed by atoms with Crippen molar-refractivity contribution in [1.29, 1.82) is 0 Å². The summed E-state index contributed by atoms with van der Waals surface area (Å²) in [6.45, 7) is 0.790. The van der Waals surface area contributed by atoms with Gasteiger partial charge in [-0.25, -0.2) is 4.79 Å². The molecule has 6 heteroatoms. The maximum atomic E-state index is 11.3. The lowest BCUT2D eigenvalue weighted by Crippen LogP contribution is -2.30. The molecule has 17 heavy (non-hydrogen) atoms. The number of hydrogen-bond acceptors (Lipinski definition) is 5. The average Bonchev–Trinajstić information content (AvgIpc) is 2.25. The second kappa shape index (κ2) is 8.69. The molecule has 0 spiro atoms. The Labute approximate surface area is 101 Å². The lowest BCUT2D eigenvalue weighted by atomic mass is 10.3. The Morgan fingerprint density at radius 1 is 1.18 bits per heavy atom. The van der Waals surface area contributed by atoms with Crippen LogP contribution in [0, 0.1) is 0 Å². The number of hydrogen-bond donors (Lipinski definition) is 0. The molecule has 0 aromatic heterocycles. The maximum absolute atomic E-state index is 11.3. The summed E-state index contributed by atoms with van der Waals surface area (Å²) in [6.07, 6.45) is 1.81. The largest absolute Gasteiger partial charge is 0.338 e. The highest BCUT2D eigenvalue weighted by Gasteiger charge is 2.13. The third-order valence-corrected chi connectivity index (χ3v) is 2.05. The molecule has 0 bridgehead atoms. The highest BCUT2D eigenvalue weighted by Crippen LogP contribution is 1.99. The van der Waals surface area contributed by atoms with Crippen molar-refractivity contribution in [3.8, 4) is 0 Å². The highest BCUT2D eigenvalue weighted by atomic mass is 16.7. The minimum Gasteiger partial charge on any atom is -0.338 e. The molecule has 0 fully saturated rings. The van der Waals surface area contributed by atoms with Gasteiger partial charge >= 0.3 is 5.97 Å². The van der Waals surface area contributed by atoms with Crippen LogP contribution >= 0.6 is 0 Å². The van der Waals surface area contributed by atoms with Crippen LogP contribution in [-0.4, -0.2) is 55.8 Å². The molecule has 0 radical (unpaired) electrons. The van der Waals surface area contributed by atoms with Gasteiger partial charge in [-0.05, 0) is 27.1 Å². The van der Waals surface area contributed by atoms with Crippen molar-refractivity contribution in [3.63, 3.8) is 0 Å². The lowest BCUT2D eigenvalue weighted by molar-refractivity contribution is -0.192. The molecule has 0 aliphatic rings. The molecule has 0 atom stereocenters. The normalized spacial score (nSPS) is 10.1. The van der Waals surface area contributed by atoms with Crippen LogP contribution < -0.4 is 0 Å². The van der Waals surface area contributed by atoms with Crippen molar-refractivity contribution in [2.45, 2.75) is 25.7 Å². The zero-order chi connectivity index (χ0) is 13.3. The number of aldehydes is 1. The quantitative estimate of drug-likeness (QED) is 0.473. The molecule has 0 aromatic carbocycles. The third kappa shape index (κ3) is 8.38. The number of amides is 1. The molecular formula is C11H20N2O4. The van der Waals surface area contributed by atoms with Gasteiger partial charge in [-0.1, -0.05) is 0 Å². The summed E-state index contributed by atoms with van der Waals surface area (Å²) < 4.78 is 0. The summed E-state index contributed by atoms with van der Waals surface area (Å²) in [5.74, 6) is -0.813. The predicted molar refractivity (Wildman–Crippen MR) is 61.9 cm³/mol. The van der Waals surface area contributed by atoms with Gasteiger partial charge in [-0.2, -0.15) is 5.06 Å². The van der Waals surface area contributed by atoms with Crippen molar-refractivity contribution < 1.29 is 19.2 Å². The van der Waals surface area contributed by atoms with Gasteiger partial charge in [0.05, 0.1) is 0 Å². The molecular weight excluding hydrogens is 224 g/mol. The van der Waals surface area contributed by atoms with Gasteiger partial charge in [-0.15, -0.1) is 0 Å². The van der Waals surface area contributed by atoms with E-state index in [1.165, 1.54) is 7.05 Å². The second-order valence-electron chi connectivity index (χ2n) is 3.97. The molecule has 0 saturated heterocycles. The summed E-state index contributed by atoms with van der Waals surface area (Å²) in [7, 11) is 5.21. The molecule has 0 N–H and O–H groups in total. The van der Waals surface area contributed by atoms with E-state index in [1.807, 2.05) is 19.0 Å².